The zero-order chi connectivity index (χ0) is 24.9. The number of esters is 1. The second-order valence-corrected chi connectivity index (χ2v) is 8.74. The molecule has 1 aliphatic rings. The molecule has 2 aromatic carbocycles. The van der Waals surface area contributed by atoms with Crippen LogP contribution in [-0.2, 0) is 16.1 Å². The van der Waals surface area contributed by atoms with Crippen molar-refractivity contribution in [3.05, 3.63) is 81.6 Å². The number of aryl methyl sites for hydroxylation is 2. The molecule has 1 amide bonds. The Bertz CT molecular complexity index is 1340. The molecule has 4 rings (SSSR count). The standard InChI is InChI=1S/C26H24N2O6S/c1-15-5-7-18(11-16(15)2)27-26-28-24(29)23(35-26)13-17-6-9-20(22(12-17)31-3)33-14-19-8-10-21(34-19)25(30)32-4/h5-13H,14H2,1-4H3,(H,27,28,29). The van der Waals surface area contributed by atoms with Gasteiger partial charge in [0.25, 0.3) is 5.91 Å². The van der Waals surface area contributed by atoms with Gasteiger partial charge in [0.05, 0.1) is 24.8 Å². The van der Waals surface area contributed by atoms with Gasteiger partial charge >= 0.3 is 5.97 Å². The molecule has 180 valence electrons. The molecular formula is C26H24N2O6S. The first-order chi connectivity index (χ1) is 16.9. The summed E-state index contributed by atoms with van der Waals surface area (Å²) in [6.07, 6.45) is 1.77. The van der Waals surface area contributed by atoms with Crippen LogP contribution in [0, 0.1) is 13.8 Å². The molecule has 0 saturated carbocycles. The minimum atomic E-state index is -0.553. The molecule has 0 radical (unpaired) electrons. The van der Waals surface area contributed by atoms with Crippen molar-refractivity contribution in [3.8, 4) is 11.5 Å². The molecule has 0 spiro atoms. The van der Waals surface area contributed by atoms with Crippen LogP contribution in [0.5, 0.6) is 11.5 Å². The van der Waals surface area contributed by atoms with Crippen molar-refractivity contribution in [1.82, 2.24) is 5.32 Å². The van der Waals surface area contributed by atoms with Crippen LogP contribution in [0.4, 0.5) is 5.69 Å². The molecule has 9 heteroatoms. The molecule has 8 nitrogen and oxygen atoms in total. The SMILES string of the molecule is COC(=O)c1ccc(COc2ccc(C=C3SC(=Nc4ccc(C)c(C)c4)NC3=O)cc2OC)o1. The van der Waals surface area contributed by atoms with Crippen molar-refractivity contribution in [3.63, 3.8) is 0 Å². The summed E-state index contributed by atoms with van der Waals surface area (Å²) >= 11 is 1.28. The van der Waals surface area contributed by atoms with E-state index in [2.05, 4.69) is 15.0 Å². The largest absolute Gasteiger partial charge is 0.493 e. The van der Waals surface area contributed by atoms with Gasteiger partial charge < -0.3 is 23.9 Å². The van der Waals surface area contributed by atoms with Crippen molar-refractivity contribution in [2.24, 2.45) is 4.99 Å². The van der Waals surface area contributed by atoms with E-state index in [0.29, 0.717) is 27.3 Å². The number of aliphatic imine (C=N–C) groups is 1. The smallest absolute Gasteiger partial charge is 0.373 e. The fourth-order valence-corrected chi connectivity index (χ4v) is 4.09. The molecule has 3 aromatic rings. The number of ether oxygens (including phenoxy) is 3. The third kappa shape index (κ3) is 5.75. The topological polar surface area (TPSA) is 99.4 Å². The van der Waals surface area contributed by atoms with Crippen LogP contribution in [0.25, 0.3) is 6.08 Å². The Morgan fingerprint density at radius 1 is 1.06 bits per heavy atom. The number of carbonyl (C=O) groups excluding carboxylic acids is 2. The quantitative estimate of drug-likeness (QED) is 0.359. The zero-order valence-electron chi connectivity index (χ0n) is 19.7. The average Bonchev–Trinajstić information content (AvgIpc) is 3.46. The number of hydrogen-bond acceptors (Lipinski definition) is 8. The molecule has 0 bridgehead atoms. The Morgan fingerprint density at radius 3 is 2.63 bits per heavy atom. The van der Waals surface area contributed by atoms with Gasteiger partial charge in [-0.1, -0.05) is 12.1 Å². The van der Waals surface area contributed by atoms with Crippen LogP contribution < -0.4 is 14.8 Å². The van der Waals surface area contributed by atoms with E-state index < -0.39 is 5.97 Å². The number of carbonyl (C=O) groups is 2. The molecule has 35 heavy (non-hydrogen) atoms. The van der Waals surface area contributed by atoms with Gasteiger partial charge in [0.2, 0.25) is 5.76 Å². The lowest BCUT2D eigenvalue weighted by atomic mass is 10.1. The monoisotopic (exact) mass is 492 g/mol. The Morgan fingerprint density at radius 2 is 1.89 bits per heavy atom. The van der Waals surface area contributed by atoms with Gasteiger partial charge in [0.15, 0.2) is 16.7 Å². The number of benzene rings is 2. The molecule has 0 aliphatic carbocycles. The summed E-state index contributed by atoms with van der Waals surface area (Å²) < 4.78 is 21.3. The number of hydrogen-bond donors (Lipinski definition) is 1. The predicted octanol–water partition coefficient (Wildman–Crippen LogP) is 5.16. The molecule has 0 atom stereocenters. The van der Waals surface area contributed by atoms with E-state index in [1.807, 2.05) is 38.1 Å². The normalized spacial score (nSPS) is 15.4. The van der Waals surface area contributed by atoms with Crippen LogP contribution in [0.15, 0.2) is 62.8 Å². The number of amidine groups is 1. The maximum absolute atomic E-state index is 12.5. The van der Waals surface area contributed by atoms with Crippen LogP contribution in [-0.4, -0.2) is 31.3 Å². The van der Waals surface area contributed by atoms with Crippen molar-refractivity contribution < 1.29 is 28.2 Å². The molecule has 0 unspecified atom stereocenters. The average molecular weight is 493 g/mol. The highest BCUT2D eigenvalue weighted by molar-refractivity contribution is 8.18. The lowest BCUT2D eigenvalue weighted by Crippen LogP contribution is -2.19. The Labute approximate surface area is 207 Å². The molecule has 1 aliphatic heterocycles. The highest BCUT2D eigenvalue weighted by Gasteiger charge is 2.24. The molecule has 1 fully saturated rings. The maximum Gasteiger partial charge on any atom is 0.373 e. The van der Waals surface area contributed by atoms with Gasteiger partial charge in [-0.05, 0) is 84.8 Å². The lowest BCUT2D eigenvalue weighted by molar-refractivity contribution is -0.115. The number of amides is 1. The first-order valence-corrected chi connectivity index (χ1v) is 11.5. The van der Waals surface area contributed by atoms with Crippen molar-refractivity contribution in [1.29, 1.82) is 0 Å². The fourth-order valence-electron chi connectivity index (χ4n) is 3.25. The lowest BCUT2D eigenvalue weighted by Gasteiger charge is -2.10. The van der Waals surface area contributed by atoms with Gasteiger partial charge in [-0.3, -0.25) is 4.79 Å². The minimum absolute atomic E-state index is 0.102. The third-order valence-electron chi connectivity index (χ3n) is 5.28. The van der Waals surface area contributed by atoms with E-state index in [4.69, 9.17) is 13.9 Å². The molecule has 1 N–H and O–H groups in total. The Balaban J connectivity index is 1.46. The van der Waals surface area contributed by atoms with Gasteiger partial charge in [0, 0.05) is 0 Å². The summed E-state index contributed by atoms with van der Waals surface area (Å²) in [5.41, 5.74) is 3.89. The van der Waals surface area contributed by atoms with Gasteiger partial charge in [-0.15, -0.1) is 0 Å². The first kappa shape index (κ1) is 24.2. The number of nitrogens with one attached hydrogen (secondary N) is 1. The first-order valence-electron chi connectivity index (χ1n) is 10.7. The van der Waals surface area contributed by atoms with E-state index in [0.717, 1.165) is 16.8 Å². The fraction of sp³-hybridized carbons (Fsp3) is 0.192. The number of thioether (sulfide) groups is 1. The Kier molecular flexibility index (Phi) is 7.26. The summed E-state index contributed by atoms with van der Waals surface area (Å²) in [7, 11) is 2.82. The highest BCUT2D eigenvalue weighted by atomic mass is 32.2. The number of methoxy groups -OCH3 is 2. The maximum atomic E-state index is 12.5. The summed E-state index contributed by atoms with van der Waals surface area (Å²) in [4.78, 5) is 29.1. The number of nitrogens with zero attached hydrogens (tertiary/aromatic N) is 1. The van der Waals surface area contributed by atoms with Crippen LogP contribution >= 0.6 is 11.8 Å². The number of rotatable bonds is 7. The summed E-state index contributed by atoms with van der Waals surface area (Å²) in [5.74, 6) is 0.789. The summed E-state index contributed by atoms with van der Waals surface area (Å²) in [6.45, 7) is 4.17. The van der Waals surface area contributed by atoms with Crippen LogP contribution in [0.2, 0.25) is 0 Å². The van der Waals surface area contributed by atoms with Crippen molar-refractivity contribution in [2.75, 3.05) is 14.2 Å². The minimum Gasteiger partial charge on any atom is -0.493 e. The van der Waals surface area contributed by atoms with E-state index in [9.17, 15) is 9.59 Å². The molecular weight excluding hydrogens is 468 g/mol. The van der Waals surface area contributed by atoms with Crippen molar-refractivity contribution >= 4 is 40.6 Å². The number of furan rings is 1. The predicted molar refractivity (Wildman–Crippen MR) is 134 cm³/mol. The van der Waals surface area contributed by atoms with Crippen LogP contribution in [0.3, 0.4) is 0 Å². The molecule has 1 aromatic heterocycles. The van der Waals surface area contributed by atoms with E-state index in [-0.39, 0.29) is 18.3 Å². The second kappa shape index (κ2) is 10.5. The zero-order valence-corrected chi connectivity index (χ0v) is 20.5. The van der Waals surface area contributed by atoms with Gasteiger partial charge in [-0.25, -0.2) is 9.79 Å². The summed E-state index contributed by atoms with van der Waals surface area (Å²) in [5, 5.41) is 3.33. The second-order valence-electron chi connectivity index (χ2n) is 7.71. The Hall–Kier alpha value is -3.98. The molecule has 2 heterocycles. The third-order valence-corrected chi connectivity index (χ3v) is 6.19. The van der Waals surface area contributed by atoms with E-state index >= 15 is 0 Å². The van der Waals surface area contributed by atoms with E-state index in [1.54, 1.807) is 24.3 Å². The van der Waals surface area contributed by atoms with Gasteiger partial charge in [-0.2, -0.15) is 0 Å². The van der Waals surface area contributed by atoms with Gasteiger partial charge in [0.1, 0.15) is 12.4 Å². The molecule has 1 saturated heterocycles. The van der Waals surface area contributed by atoms with E-state index in [1.165, 1.54) is 37.6 Å². The van der Waals surface area contributed by atoms with Crippen molar-refractivity contribution in [2.45, 2.75) is 20.5 Å². The van der Waals surface area contributed by atoms with Crippen LogP contribution in [0.1, 0.15) is 33.0 Å². The summed E-state index contributed by atoms with van der Waals surface area (Å²) in [6, 6.07) is 14.4. The highest BCUT2D eigenvalue weighted by Crippen LogP contribution is 2.33.